The Balaban J connectivity index is 2.06. The van der Waals surface area contributed by atoms with Crippen LogP contribution in [0.15, 0.2) is 72.8 Å². The molecule has 0 aromatic heterocycles. The molecule has 0 fully saturated rings. The van der Waals surface area contributed by atoms with Crippen molar-refractivity contribution in [3.05, 3.63) is 106 Å². The molecule has 148 valence electrons. The SMILES string of the molecule is N#Cc1ccc(C=C(c2ccc(C(=O)NN)cc2)c2ccc(C(=O)NN)cc2)cc1. The van der Waals surface area contributed by atoms with E-state index in [0.29, 0.717) is 16.7 Å². The van der Waals surface area contributed by atoms with Gasteiger partial charge in [0.05, 0.1) is 11.6 Å². The van der Waals surface area contributed by atoms with Crippen LogP contribution in [0, 0.1) is 11.3 Å². The van der Waals surface area contributed by atoms with Gasteiger partial charge >= 0.3 is 0 Å². The fraction of sp³-hybridized carbons (Fsp3) is 0. The molecule has 0 aliphatic rings. The number of hydrogen-bond acceptors (Lipinski definition) is 5. The van der Waals surface area contributed by atoms with E-state index in [0.717, 1.165) is 22.3 Å². The van der Waals surface area contributed by atoms with E-state index in [1.165, 1.54) is 0 Å². The second-order valence-electron chi connectivity index (χ2n) is 6.39. The van der Waals surface area contributed by atoms with Crippen LogP contribution in [0.3, 0.4) is 0 Å². The largest absolute Gasteiger partial charge is 0.290 e. The number of nitrogens with one attached hydrogen (secondary N) is 2. The van der Waals surface area contributed by atoms with E-state index in [2.05, 4.69) is 16.9 Å². The molecule has 0 aliphatic carbocycles. The van der Waals surface area contributed by atoms with Crippen LogP contribution in [0.4, 0.5) is 0 Å². The van der Waals surface area contributed by atoms with E-state index < -0.39 is 0 Å². The van der Waals surface area contributed by atoms with Gasteiger partial charge in [0.1, 0.15) is 0 Å². The molecular formula is C23H19N5O2. The first-order valence-electron chi connectivity index (χ1n) is 9.00. The summed E-state index contributed by atoms with van der Waals surface area (Å²) in [5.41, 5.74) is 9.17. The molecule has 30 heavy (non-hydrogen) atoms. The monoisotopic (exact) mass is 397 g/mol. The number of hydrogen-bond donors (Lipinski definition) is 4. The average Bonchev–Trinajstić information content (AvgIpc) is 2.82. The van der Waals surface area contributed by atoms with Crippen LogP contribution >= 0.6 is 0 Å². The molecule has 0 radical (unpaired) electrons. The molecular weight excluding hydrogens is 378 g/mol. The summed E-state index contributed by atoms with van der Waals surface area (Å²) < 4.78 is 0. The number of carbonyl (C=O) groups excluding carboxylic acids is 2. The first-order valence-corrected chi connectivity index (χ1v) is 9.00. The predicted molar refractivity (Wildman–Crippen MR) is 114 cm³/mol. The third-order valence-corrected chi connectivity index (χ3v) is 4.53. The molecule has 0 spiro atoms. The van der Waals surface area contributed by atoms with Gasteiger partial charge in [-0.1, -0.05) is 36.4 Å². The second kappa shape index (κ2) is 9.30. The zero-order chi connectivity index (χ0) is 21.5. The number of hydrazine groups is 2. The maximum Gasteiger partial charge on any atom is 0.265 e. The van der Waals surface area contributed by atoms with Crippen molar-refractivity contribution in [1.82, 2.24) is 10.9 Å². The van der Waals surface area contributed by atoms with Crippen LogP contribution in [0.2, 0.25) is 0 Å². The molecule has 0 unspecified atom stereocenters. The highest BCUT2D eigenvalue weighted by atomic mass is 16.2. The van der Waals surface area contributed by atoms with Crippen molar-refractivity contribution >= 4 is 23.5 Å². The maximum absolute atomic E-state index is 11.7. The smallest absolute Gasteiger partial charge is 0.265 e. The Hall–Kier alpha value is -4.25. The lowest BCUT2D eigenvalue weighted by Gasteiger charge is -2.11. The number of amides is 2. The van der Waals surface area contributed by atoms with Crippen molar-refractivity contribution in [2.75, 3.05) is 0 Å². The predicted octanol–water partition coefficient (Wildman–Crippen LogP) is 2.35. The van der Waals surface area contributed by atoms with Crippen molar-refractivity contribution in [2.45, 2.75) is 0 Å². The molecule has 7 nitrogen and oxygen atoms in total. The minimum atomic E-state index is -0.378. The van der Waals surface area contributed by atoms with E-state index in [9.17, 15) is 9.59 Å². The third-order valence-electron chi connectivity index (χ3n) is 4.53. The Bertz CT molecular complexity index is 1060. The summed E-state index contributed by atoms with van der Waals surface area (Å²) in [7, 11) is 0. The van der Waals surface area contributed by atoms with Gasteiger partial charge in [0.2, 0.25) is 0 Å². The van der Waals surface area contributed by atoms with Crippen LogP contribution < -0.4 is 22.5 Å². The van der Waals surface area contributed by atoms with Crippen molar-refractivity contribution < 1.29 is 9.59 Å². The van der Waals surface area contributed by atoms with Crippen molar-refractivity contribution in [1.29, 1.82) is 5.26 Å². The van der Waals surface area contributed by atoms with Crippen molar-refractivity contribution in [3.8, 4) is 6.07 Å². The van der Waals surface area contributed by atoms with Gasteiger partial charge in [-0.05, 0) is 64.7 Å². The lowest BCUT2D eigenvalue weighted by molar-refractivity contribution is 0.0945. The van der Waals surface area contributed by atoms with Gasteiger partial charge in [0, 0.05) is 11.1 Å². The summed E-state index contributed by atoms with van der Waals surface area (Å²) in [6.45, 7) is 0. The van der Waals surface area contributed by atoms with Gasteiger partial charge < -0.3 is 0 Å². The van der Waals surface area contributed by atoms with Crippen LogP contribution in [-0.2, 0) is 0 Å². The lowest BCUT2D eigenvalue weighted by atomic mass is 9.94. The normalized spacial score (nSPS) is 9.90. The first kappa shape index (κ1) is 20.5. The summed E-state index contributed by atoms with van der Waals surface area (Å²) >= 11 is 0. The molecule has 0 aliphatic heterocycles. The van der Waals surface area contributed by atoms with E-state index in [4.69, 9.17) is 16.9 Å². The summed E-state index contributed by atoms with van der Waals surface area (Å²) in [5, 5.41) is 9.00. The Labute approximate surface area is 173 Å². The first-order chi connectivity index (χ1) is 14.5. The fourth-order valence-corrected chi connectivity index (χ4v) is 2.92. The molecule has 0 atom stereocenters. The number of nitrogens with two attached hydrogens (primary N) is 2. The molecule has 0 bridgehead atoms. The highest BCUT2D eigenvalue weighted by Crippen LogP contribution is 2.27. The quantitative estimate of drug-likeness (QED) is 0.227. The van der Waals surface area contributed by atoms with E-state index >= 15 is 0 Å². The lowest BCUT2D eigenvalue weighted by Crippen LogP contribution is -2.29. The summed E-state index contributed by atoms with van der Waals surface area (Å²) in [4.78, 5) is 23.4. The van der Waals surface area contributed by atoms with E-state index in [1.54, 1.807) is 36.4 Å². The topological polar surface area (TPSA) is 134 Å². The van der Waals surface area contributed by atoms with Gasteiger partial charge in [-0.15, -0.1) is 0 Å². The fourth-order valence-electron chi connectivity index (χ4n) is 2.92. The van der Waals surface area contributed by atoms with Gasteiger partial charge in [0.15, 0.2) is 0 Å². The van der Waals surface area contributed by atoms with Crippen molar-refractivity contribution in [3.63, 3.8) is 0 Å². The number of nitrogen functional groups attached to an aromatic ring is 2. The molecule has 0 saturated carbocycles. The number of nitriles is 1. The summed E-state index contributed by atoms with van der Waals surface area (Å²) in [6.07, 6.45) is 1.97. The molecule has 2 amide bonds. The van der Waals surface area contributed by atoms with Crippen molar-refractivity contribution in [2.24, 2.45) is 11.7 Å². The molecule has 3 rings (SSSR count). The number of carbonyl (C=O) groups is 2. The maximum atomic E-state index is 11.7. The number of nitrogens with zero attached hydrogens (tertiary/aromatic N) is 1. The highest BCUT2D eigenvalue weighted by Gasteiger charge is 2.10. The molecule has 0 saturated heterocycles. The third kappa shape index (κ3) is 4.59. The van der Waals surface area contributed by atoms with Gasteiger partial charge in [0.25, 0.3) is 11.8 Å². The molecule has 0 heterocycles. The molecule has 3 aromatic rings. The van der Waals surface area contributed by atoms with E-state index in [-0.39, 0.29) is 11.8 Å². The van der Waals surface area contributed by atoms with Crippen LogP contribution in [0.25, 0.3) is 11.6 Å². The second-order valence-corrected chi connectivity index (χ2v) is 6.39. The minimum Gasteiger partial charge on any atom is -0.290 e. The van der Waals surface area contributed by atoms with Crippen LogP contribution in [0.5, 0.6) is 0 Å². The van der Waals surface area contributed by atoms with E-state index in [1.807, 2.05) is 42.5 Å². The molecule has 6 N–H and O–H groups in total. The molecule has 7 heteroatoms. The zero-order valence-electron chi connectivity index (χ0n) is 15.9. The Morgan fingerprint density at radius 2 is 1.10 bits per heavy atom. The van der Waals surface area contributed by atoms with Gasteiger partial charge in [-0.3, -0.25) is 20.4 Å². The average molecular weight is 397 g/mol. The number of rotatable bonds is 5. The van der Waals surface area contributed by atoms with Crippen LogP contribution in [0.1, 0.15) is 43.0 Å². The summed E-state index contributed by atoms with van der Waals surface area (Å²) in [5.74, 6) is 9.63. The highest BCUT2D eigenvalue weighted by molar-refractivity contribution is 5.97. The Morgan fingerprint density at radius 1 is 0.700 bits per heavy atom. The van der Waals surface area contributed by atoms with Gasteiger partial charge in [-0.25, -0.2) is 11.7 Å². The zero-order valence-corrected chi connectivity index (χ0v) is 15.9. The van der Waals surface area contributed by atoms with Gasteiger partial charge in [-0.2, -0.15) is 5.26 Å². The number of benzene rings is 3. The summed E-state index contributed by atoms with van der Waals surface area (Å²) in [6, 6.07) is 23.3. The molecule has 3 aromatic carbocycles. The standard InChI is InChI=1S/C23H19N5O2/c24-14-16-3-1-15(2-4-16)13-21(17-5-9-19(10-6-17)22(29)27-25)18-7-11-20(12-8-18)23(30)28-26/h1-13H,25-26H2,(H,27,29)(H,28,30). The Kier molecular flexibility index (Phi) is 6.35. The minimum absolute atomic E-state index is 0.378. The Morgan fingerprint density at radius 3 is 1.47 bits per heavy atom. The van der Waals surface area contributed by atoms with Crippen LogP contribution in [-0.4, -0.2) is 11.8 Å².